The number of halogens is 1. The van der Waals surface area contributed by atoms with E-state index >= 15 is 0 Å². The largest absolute Gasteiger partial charge is 0.497 e. The van der Waals surface area contributed by atoms with Crippen molar-refractivity contribution in [3.05, 3.63) is 88.4 Å². The van der Waals surface area contributed by atoms with Crippen LogP contribution in [0.25, 0.3) is 0 Å². The Hall–Kier alpha value is -3.32. The van der Waals surface area contributed by atoms with E-state index in [0.29, 0.717) is 43.4 Å². The number of aryl methyl sites for hydroxylation is 2. The third-order valence-electron chi connectivity index (χ3n) is 5.83. The molecule has 41 heavy (non-hydrogen) atoms. The van der Waals surface area contributed by atoms with Gasteiger partial charge in [0.1, 0.15) is 11.5 Å². The number of allylic oxidation sites excluding steroid dienone is 3. The molecule has 6 nitrogen and oxygen atoms in total. The van der Waals surface area contributed by atoms with Gasteiger partial charge in [-0.05, 0) is 80.3 Å². The van der Waals surface area contributed by atoms with Crippen LogP contribution in [0.3, 0.4) is 0 Å². The molecule has 0 saturated heterocycles. The smallest absolute Gasteiger partial charge is 0.226 e. The van der Waals surface area contributed by atoms with Crippen LogP contribution in [0.5, 0.6) is 11.5 Å². The molecule has 1 amide bonds. The Bertz CT molecular complexity index is 1180. The lowest BCUT2D eigenvalue weighted by Crippen LogP contribution is -2.28. The van der Waals surface area contributed by atoms with Crippen LogP contribution in [0, 0.1) is 20.8 Å². The summed E-state index contributed by atoms with van der Waals surface area (Å²) in [6.45, 7) is 16.7. The molecular weight excluding hydrogens is 539 g/mol. The Morgan fingerprint density at radius 1 is 1.10 bits per heavy atom. The number of amides is 1. The minimum Gasteiger partial charge on any atom is -0.497 e. The molecule has 2 rings (SSSR count). The van der Waals surface area contributed by atoms with Gasteiger partial charge in [0.15, 0.2) is 5.90 Å². The molecule has 0 N–H and O–H groups in total. The molecule has 2 aromatic rings. The number of carbonyl (C=O) groups excluding carboxylic acids is 1. The average molecular weight is 587 g/mol. The Balaban J connectivity index is 0.00000177. The highest BCUT2D eigenvalue weighted by Gasteiger charge is 2.15. The van der Waals surface area contributed by atoms with E-state index in [9.17, 15) is 8.68 Å². The van der Waals surface area contributed by atoms with E-state index in [1.807, 2.05) is 90.9 Å². The highest BCUT2D eigenvalue weighted by Crippen LogP contribution is 2.22. The first kappa shape index (κ1) is 37.7. The molecule has 0 bridgehead atoms. The third kappa shape index (κ3) is 14.8. The van der Waals surface area contributed by atoms with Crippen molar-refractivity contribution in [2.24, 2.45) is 4.99 Å². The number of hydrogen-bond donors (Lipinski definition) is 0. The van der Waals surface area contributed by atoms with Crippen molar-refractivity contribution in [2.75, 3.05) is 26.6 Å². The summed E-state index contributed by atoms with van der Waals surface area (Å²) in [7, 11) is 3.19. The molecule has 2 aromatic carbocycles. The minimum atomic E-state index is 0.0548. The zero-order chi connectivity index (χ0) is 31.2. The van der Waals surface area contributed by atoms with Crippen LogP contribution in [0.2, 0.25) is 0 Å². The van der Waals surface area contributed by atoms with Crippen molar-refractivity contribution >= 4 is 24.0 Å². The van der Waals surface area contributed by atoms with Gasteiger partial charge in [-0.2, -0.15) is 3.89 Å². The molecule has 0 fully saturated rings. The molecule has 0 spiro atoms. The number of aliphatic imine (C=N–C) groups is 1. The second-order valence-corrected chi connectivity index (χ2v) is 9.28. The SMILES string of the molecule is CC.CCC(=O)N(Cc1cc(OC)ccc1C)/C(C)=C/C=C=CN=C(C)Oc1cccc(C)c1C.COCCSF. The van der Waals surface area contributed by atoms with E-state index in [0.717, 1.165) is 33.9 Å². The van der Waals surface area contributed by atoms with E-state index in [1.165, 1.54) is 5.56 Å². The molecule has 0 unspecified atom stereocenters. The van der Waals surface area contributed by atoms with Gasteiger partial charge in [-0.1, -0.05) is 39.0 Å². The van der Waals surface area contributed by atoms with Crippen molar-refractivity contribution in [1.29, 1.82) is 0 Å². The van der Waals surface area contributed by atoms with Gasteiger partial charge in [0.25, 0.3) is 0 Å². The van der Waals surface area contributed by atoms with Crippen LogP contribution in [-0.2, 0) is 16.1 Å². The van der Waals surface area contributed by atoms with E-state index in [1.54, 1.807) is 38.3 Å². The summed E-state index contributed by atoms with van der Waals surface area (Å²) in [5, 5.41) is 0. The van der Waals surface area contributed by atoms with Gasteiger partial charge >= 0.3 is 0 Å². The number of benzene rings is 2. The first-order valence-electron chi connectivity index (χ1n) is 13.7. The number of rotatable bonds is 11. The summed E-state index contributed by atoms with van der Waals surface area (Å²) in [5.41, 5.74) is 8.27. The minimum absolute atomic E-state index is 0.0548. The summed E-state index contributed by atoms with van der Waals surface area (Å²) in [5.74, 6) is 2.60. The van der Waals surface area contributed by atoms with Crippen molar-refractivity contribution < 1.29 is 22.9 Å². The van der Waals surface area contributed by atoms with Crippen molar-refractivity contribution in [3.8, 4) is 11.5 Å². The Kier molecular flexibility index (Phi) is 20.6. The predicted octanol–water partition coefficient (Wildman–Crippen LogP) is 8.71. The third-order valence-corrected chi connectivity index (χ3v) is 6.15. The lowest BCUT2D eigenvalue weighted by atomic mass is 10.1. The Morgan fingerprint density at radius 3 is 2.39 bits per heavy atom. The average Bonchev–Trinajstić information content (AvgIpc) is 2.98. The van der Waals surface area contributed by atoms with Crippen LogP contribution in [0.15, 0.2) is 71.2 Å². The van der Waals surface area contributed by atoms with Crippen molar-refractivity contribution in [2.45, 2.75) is 68.4 Å². The predicted molar refractivity (Wildman–Crippen MR) is 171 cm³/mol. The van der Waals surface area contributed by atoms with Gasteiger partial charge in [0, 0.05) is 44.1 Å². The Labute approximate surface area is 251 Å². The zero-order valence-electron chi connectivity index (χ0n) is 26.3. The molecule has 8 heteroatoms. The second-order valence-electron chi connectivity index (χ2n) is 8.65. The normalized spacial score (nSPS) is 10.7. The van der Waals surface area contributed by atoms with Crippen LogP contribution in [0.1, 0.15) is 63.3 Å². The van der Waals surface area contributed by atoms with E-state index in [-0.39, 0.29) is 5.91 Å². The summed E-state index contributed by atoms with van der Waals surface area (Å²) in [6.07, 6.45) is 5.59. The molecular formula is C33H47FN2O4S. The van der Waals surface area contributed by atoms with Gasteiger partial charge < -0.3 is 19.1 Å². The van der Waals surface area contributed by atoms with Gasteiger partial charge in [0.05, 0.1) is 26.5 Å². The van der Waals surface area contributed by atoms with Crippen LogP contribution < -0.4 is 9.47 Å². The topological polar surface area (TPSA) is 60.4 Å². The molecule has 0 heterocycles. The standard InChI is InChI=1S/C28H34N2O3.C3H7FOS.C2H6/c1-8-28(31)30(19-25-18-26(32-7)16-15-21(25)3)22(4)13-9-10-17-29-24(6)33-27-14-11-12-20(2)23(27)5;1-5-2-3-6-4;1-2/h9,11-18H,8,19H2,1-7H3;2-3H2,1H3;1-2H3/b22-13+,29-24?;;. The van der Waals surface area contributed by atoms with Crippen LogP contribution in [-0.4, -0.2) is 43.3 Å². The monoisotopic (exact) mass is 586 g/mol. The fourth-order valence-electron chi connectivity index (χ4n) is 3.28. The van der Waals surface area contributed by atoms with Crippen LogP contribution in [0.4, 0.5) is 3.89 Å². The molecule has 0 radical (unpaired) electrons. The molecule has 226 valence electrons. The summed E-state index contributed by atoms with van der Waals surface area (Å²) in [4.78, 5) is 18.7. The summed E-state index contributed by atoms with van der Waals surface area (Å²) < 4.78 is 26.7. The quantitative estimate of drug-likeness (QED) is 0.0866. The van der Waals surface area contributed by atoms with Crippen molar-refractivity contribution in [1.82, 2.24) is 4.90 Å². The fourth-order valence-corrected chi connectivity index (χ4v) is 3.51. The number of carbonyl (C=O) groups is 1. The van der Waals surface area contributed by atoms with Crippen molar-refractivity contribution in [3.63, 3.8) is 0 Å². The molecule has 0 aliphatic heterocycles. The summed E-state index contributed by atoms with van der Waals surface area (Å²) >= 11 is 0.301. The number of methoxy groups -OCH3 is 2. The fraction of sp³-hybridized carbons (Fsp3) is 0.424. The van der Waals surface area contributed by atoms with Crippen LogP contribution >= 0.6 is 12.1 Å². The van der Waals surface area contributed by atoms with Gasteiger partial charge in [-0.15, -0.1) is 5.73 Å². The van der Waals surface area contributed by atoms with E-state index in [2.05, 4.69) is 15.5 Å². The van der Waals surface area contributed by atoms with Gasteiger partial charge in [-0.3, -0.25) is 4.79 Å². The lowest BCUT2D eigenvalue weighted by Gasteiger charge is -2.24. The molecule has 0 saturated carbocycles. The maximum atomic E-state index is 12.6. The molecule has 0 aliphatic carbocycles. The maximum absolute atomic E-state index is 12.6. The van der Waals surface area contributed by atoms with E-state index in [4.69, 9.17) is 9.47 Å². The number of nitrogens with zero attached hydrogens (tertiary/aromatic N) is 2. The first-order valence-corrected chi connectivity index (χ1v) is 14.6. The maximum Gasteiger partial charge on any atom is 0.226 e. The first-order chi connectivity index (χ1) is 19.7. The van der Waals surface area contributed by atoms with E-state index < -0.39 is 0 Å². The highest BCUT2D eigenvalue weighted by molar-refractivity contribution is 7.94. The molecule has 0 atom stereocenters. The highest BCUT2D eigenvalue weighted by atomic mass is 32.2. The second kappa shape index (κ2) is 22.4. The number of ether oxygens (including phenoxy) is 3. The molecule has 0 aromatic heterocycles. The lowest BCUT2D eigenvalue weighted by molar-refractivity contribution is -0.129. The summed E-state index contributed by atoms with van der Waals surface area (Å²) in [6, 6.07) is 11.8. The Morgan fingerprint density at radius 2 is 1.80 bits per heavy atom. The number of hydrogen-bond acceptors (Lipinski definition) is 6. The van der Waals surface area contributed by atoms with Gasteiger partial charge in [0.2, 0.25) is 5.91 Å². The molecule has 0 aliphatic rings. The zero-order valence-corrected chi connectivity index (χ0v) is 27.2. The van der Waals surface area contributed by atoms with Gasteiger partial charge in [-0.25, -0.2) is 4.99 Å².